The largest absolute Gasteiger partial charge is 0.460 e. The van der Waals surface area contributed by atoms with Gasteiger partial charge in [-0.2, -0.15) is 0 Å². The van der Waals surface area contributed by atoms with E-state index in [2.05, 4.69) is 102 Å². The van der Waals surface area contributed by atoms with Gasteiger partial charge in [-0.1, -0.05) is 75.3 Å². The molecular weight excluding hydrogens is 480 g/mol. The van der Waals surface area contributed by atoms with Crippen LogP contribution in [-0.2, 0) is 18.4 Å². The van der Waals surface area contributed by atoms with Crippen molar-refractivity contribution in [3.8, 4) is 0 Å². The van der Waals surface area contributed by atoms with Crippen molar-refractivity contribution in [3.63, 3.8) is 0 Å². The van der Waals surface area contributed by atoms with Crippen molar-refractivity contribution in [1.29, 1.82) is 0 Å². The molecule has 0 fully saturated rings. The number of esters is 1. The minimum absolute atomic E-state index is 0.0478. The first-order valence-electron chi connectivity index (χ1n) is 13.9. The van der Waals surface area contributed by atoms with Crippen molar-refractivity contribution in [2.75, 3.05) is 0 Å². The summed E-state index contributed by atoms with van der Waals surface area (Å²) in [4.78, 5) is 13.0. The molecule has 4 atom stereocenters. The summed E-state index contributed by atoms with van der Waals surface area (Å²) >= 11 is 0. The molecular formula is C30H62O4Si2. The van der Waals surface area contributed by atoms with E-state index in [-0.39, 0.29) is 51.9 Å². The molecule has 0 heterocycles. The first kappa shape index (κ1) is 35.6. The van der Waals surface area contributed by atoms with Crippen molar-refractivity contribution in [1.82, 2.24) is 0 Å². The van der Waals surface area contributed by atoms with E-state index >= 15 is 0 Å². The topological polar surface area (TPSA) is 44.8 Å². The van der Waals surface area contributed by atoms with Crippen molar-refractivity contribution in [2.45, 2.75) is 157 Å². The number of carbonyl (C=O) groups excluding carboxylic acids is 1. The van der Waals surface area contributed by atoms with Crippen LogP contribution in [0.3, 0.4) is 0 Å². The van der Waals surface area contributed by atoms with Gasteiger partial charge in [0.1, 0.15) is 5.60 Å². The average molecular weight is 543 g/mol. The van der Waals surface area contributed by atoms with E-state index < -0.39 is 22.2 Å². The summed E-state index contributed by atoms with van der Waals surface area (Å²) in [7, 11) is -4.10. The van der Waals surface area contributed by atoms with E-state index in [1.165, 1.54) is 0 Å². The van der Waals surface area contributed by atoms with Gasteiger partial charge in [0.15, 0.2) is 16.6 Å². The highest BCUT2D eigenvalue weighted by molar-refractivity contribution is 6.74. The highest BCUT2D eigenvalue weighted by Crippen LogP contribution is 2.45. The maximum absolute atomic E-state index is 13.0. The normalized spacial score (nSPS) is 17.8. The third kappa shape index (κ3) is 10.7. The Balaban J connectivity index is 6.16. The van der Waals surface area contributed by atoms with E-state index in [4.69, 9.17) is 13.6 Å². The molecule has 0 aliphatic heterocycles. The fourth-order valence-electron chi connectivity index (χ4n) is 4.01. The molecule has 0 radical (unpaired) electrons. The lowest BCUT2D eigenvalue weighted by atomic mass is 9.74. The third-order valence-electron chi connectivity index (χ3n) is 8.42. The molecule has 0 saturated carbocycles. The predicted octanol–water partition coefficient (Wildman–Crippen LogP) is 9.37. The van der Waals surface area contributed by atoms with E-state index in [0.29, 0.717) is 0 Å². The fourth-order valence-corrected chi connectivity index (χ4v) is 6.96. The van der Waals surface area contributed by atoms with Crippen LogP contribution in [0.15, 0.2) is 12.7 Å². The summed E-state index contributed by atoms with van der Waals surface area (Å²) in [5.41, 5.74) is -0.765. The van der Waals surface area contributed by atoms with Crippen LogP contribution in [-0.4, -0.2) is 40.4 Å². The molecule has 214 valence electrons. The van der Waals surface area contributed by atoms with Gasteiger partial charge in [-0.25, -0.2) is 0 Å². The van der Waals surface area contributed by atoms with Gasteiger partial charge in [-0.15, -0.1) is 6.58 Å². The second-order valence-electron chi connectivity index (χ2n) is 15.8. The molecule has 4 nitrogen and oxygen atoms in total. The number of hydrogen-bond acceptors (Lipinski definition) is 4. The summed E-state index contributed by atoms with van der Waals surface area (Å²) in [6.45, 7) is 41.6. The van der Waals surface area contributed by atoms with Crippen LogP contribution in [0.25, 0.3) is 0 Å². The van der Waals surface area contributed by atoms with E-state index in [9.17, 15) is 4.79 Å². The molecule has 0 aromatic heterocycles. The standard InChI is InChI=1S/C30H62O4Si2/c1-19-22(2)26(34-36(17,18)29(10,11)12)23(3)21-30(13,14)24(20-25(31)32-27(4,5)6)33-35(15,16)28(7,8)9/h19,22-24,26H,1,20-21H2,2-18H3/t22-,23+,24-,26+/m0/s1. The molecule has 0 N–H and O–H groups in total. The van der Waals surface area contributed by atoms with Gasteiger partial charge in [0.05, 0.1) is 18.6 Å². The number of hydrogen-bond donors (Lipinski definition) is 0. The van der Waals surface area contributed by atoms with Gasteiger partial charge in [-0.05, 0) is 80.7 Å². The van der Waals surface area contributed by atoms with Gasteiger partial charge in [0.25, 0.3) is 0 Å². The quantitative estimate of drug-likeness (QED) is 0.140. The maximum atomic E-state index is 13.0. The van der Waals surface area contributed by atoms with Crippen LogP contribution in [0.2, 0.25) is 36.3 Å². The Bertz CT molecular complexity index is 721. The van der Waals surface area contributed by atoms with Crippen LogP contribution in [0, 0.1) is 17.3 Å². The molecule has 0 aromatic carbocycles. The number of carbonyl (C=O) groups is 1. The van der Waals surface area contributed by atoms with Gasteiger partial charge < -0.3 is 13.6 Å². The molecule has 0 rings (SSSR count). The molecule has 0 bridgehead atoms. The maximum Gasteiger partial charge on any atom is 0.308 e. The molecule has 0 aromatic rings. The van der Waals surface area contributed by atoms with Crippen LogP contribution in [0.4, 0.5) is 0 Å². The van der Waals surface area contributed by atoms with Crippen molar-refractivity contribution < 1.29 is 18.4 Å². The highest BCUT2D eigenvalue weighted by atomic mass is 28.4. The van der Waals surface area contributed by atoms with Crippen molar-refractivity contribution in [2.24, 2.45) is 17.3 Å². The SMILES string of the molecule is C=C[C@H](C)[C@@H](O[Si](C)(C)C(C)(C)C)[C@H](C)CC(C)(C)[C@H](CC(=O)OC(C)(C)C)O[Si](C)(C)C(C)(C)C. The molecule has 6 heteroatoms. The van der Waals surface area contributed by atoms with E-state index in [1.54, 1.807) is 0 Å². The zero-order valence-corrected chi connectivity index (χ0v) is 29.1. The zero-order chi connectivity index (χ0) is 29.1. The van der Waals surface area contributed by atoms with Gasteiger partial charge >= 0.3 is 5.97 Å². The van der Waals surface area contributed by atoms with Gasteiger partial charge in [0.2, 0.25) is 0 Å². The summed E-state index contributed by atoms with van der Waals surface area (Å²) in [5, 5.41) is 0.179. The van der Waals surface area contributed by atoms with Gasteiger partial charge in [0, 0.05) is 0 Å². The molecule has 0 amide bonds. The summed E-state index contributed by atoms with van der Waals surface area (Å²) in [6, 6.07) is 0. The first-order valence-corrected chi connectivity index (χ1v) is 19.7. The molecule has 0 aliphatic rings. The Labute approximate surface area is 227 Å². The van der Waals surface area contributed by atoms with Crippen LogP contribution < -0.4 is 0 Å². The summed E-state index contributed by atoms with van der Waals surface area (Å²) < 4.78 is 19.7. The number of rotatable bonds is 12. The molecule has 0 aliphatic carbocycles. The second kappa shape index (κ2) is 12.2. The van der Waals surface area contributed by atoms with Crippen molar-refractivity contribution >= 4 is 22.6 Å². The second-order valence-corrected chi connectivity index (χ2v) is 25.3. The lowest BCUT2D eigenvalue weighted by Gasteiger charge is -2.47. The number of ether oxygens (including phenoxy) is 1. The Kier molecular flexibility index (Phi) is 12.0. The Hall–Kier alpha value is -0.436. The van der Waals surface area contributed by atoms with Crippen molar-refractivity contribution in [3.05, 3.63) is 12.7 Å². The fraction of sp³-hybridized carbons (Fsp3) is 0.900. The monoisotopic (exact) mass is 542 g/mol. The minimum Gasteiger partial charge on any atom is -0.460 e. The highest BCUT2D eigenvalue weighted by Gasteiger charge is 2.46. The van der Waals surface area contributed by atoms with Gasteiger partial charge in [-0.3, -0.25) is 4.79 Å². The summed E-state index contributed by atoms with van der Waals surface area (Å²) in [5.74, 6) is 0.308. The molecule has 0 saturated heterocycles. The Morgan fingerprint density at radius 1 is 0.806 bits per heavy atom. The molecule has 36 heavy (non-hydrogen) atoms. The predicted molar refractivity (Wildman–Crippen MR) is 162 cm³/mol. The van der Waals surface area contributed by atoms with Crippen LogP contribution in [0.1, 0.15) is 103 Å². The Morgan fingerprint density at radius 3 is 1.58 bits per heavy atom. The van der Waals surface area contributed by atoms with Crippen LogP contribution in [0.5, 0.6) is 0 Å². The lowest BCUT2D eigenvalue weighted by molar-refractivity contribution is -0.158. The zero-order valence-electron chi connectivity index (χ0n) is 27.1. The van der Waals surface area contributed by atoms with E-state index in [0.717, 1.165) is 6.42 Å². The average Bonchev–Trinajstić information content (AvgIpc) is 2.60. The minimum atomic E-state index is -2.12. The Morgan fingerprint density at radius 2 is 1.22 bits per heavy atom. The molecule has 0 unspecified atom stereocenters. The first-order chi connectivity index (χ1) is 15.7. The smallest absolute Gasteiger partial charge is 0.308 e. The lowest BCUT2D eigenvalue weighted by Crippen LogP contribution is -2.51. The molecule has 0 spiro atoms. The van der Waals surface area contributed by atoms with E-state index in [1.807, 2.05) is 26.8 Å². The van der Waals surface area contributed by atoms with Crippen LogP contribution >= 0.6 is 0 Å². The summed E-state index contributed by atoms with van der Waals surface area (Å²) in [6.07, 6.45) is 2.99. The third-order valence-corrected chi connectivity index (χ3v) is 17.4.